The average molecular weight is 195 g/mol. The SMILES string of the molecule is c1ccc(-c2ccnc(C3CC3)c2)cc1. The van der Waals surface area contributed by atoms with Crippen molar-refractivity contribution in [1.82, 2.24) is 4.98 Å². The highest BCUT2D eigenvalue weighted by Crippen LogP contribution is 2.39. The summed E-state index contributed by atoms with van der Waals surface area (Å²) in [6.07, 6.45) is 4.55. The average Bonchev–Trinajstić information content (AvgIpc) is 3.14. The van der Waals surface area contributed by atoms with Gasteiger partial charge in [0.05, 0.1) is 0 Å². The first-order valence-electron chi connectivity index (χ1n) is 5.45. The monoisotopic (exact) mass is 195 g/mol. The summed E-state index contributed by atoms with van der Waals surface area (Å²) >= 11 is 0. The third kappa shape index (κ3) is 1.78. The summed E-state index contributed by atoms with van der Waals surface area (Å²) in [7, 11) is 0. The largest absolute Gasteiger partial charge is 0.261 e. The molecule has 1 aliphatic carbocycles. The molecule has 0 N–H and O–H groups in total. The Hall–Kier alpha value is -1.63. The van der Waals surface area contributed by atoms with Crippen LogP contribution in [0.3, 0.4) is 0 Å². The molecule has 0 unspecified atom stereocenters. The van der Waals surface area contributed by atoms with Gasteiger partial charge in [0.1, 0.15) is 0 Å². The van der Waals surface area contributed by atoms with E-state index in [0.29, 0.717) is 0 Å². The Bertz CT molecular complexity index is 458. The maximum Gasteiger partial charge on any atom is 0.0440 e. The van der Waals surface area contributed by atoms with Crippen LogP contribution in [0.2, 0.25) is 0 Å². The van der Waals surface area contributed by atoms with Crippen LogP contribution in [0.25, 0.3) is 11.1 Å². The second-order valence-corrected chi connectivity index (χ2v) is 4.11. The van der Waals surface area contributed by atoms with Crippen LogP contribution < -0.4 is 0 Å². The number of aromatic nitrogens is 1. The second-order valence-electron chi connectivity index (χ2n) is 4.11. The molecule has 1 heteroatoms. The number of benzene rings is 1. The molecule has 74 valence electrons. The number of rotatable bonds is 2. The molecule has 0 aliphatic heterocycles. The molecule has 1 aromatic carbocycles. The molecule has 0 bridgehead atoms. The fourth-order valence-electron chi connectivity index (χ4n) is 1.86. The van der Waals surface area contributed by atoms with Gasteiger partial charge >= 0.3 is 0 Å². The van der Waals surface area contributed by atoms with Crippen LogP contribution in [0.5, 0.6) is 0 Å². The van der Waals surface area contributed by atoms with E-state index < -0.39 is 0 Å². The smallest absolute Gasteiger partial charge is 0.0440 e. The Balaban J connectivity index is 2.01. The van der Waals surface area contributed by atoms with Gasteiger partial charge in [0.25, 0.3) is 0 Å². The van der Waals surface area contributed by atoms with Crippen molar-refractivity contribution in [3.63, 3.8) is 0 Å². The van der Waals surface area contributed by atoms with Crippen molar-refractivity contribution < 1.29 is 0 Å². The molecular weight excluding hydrogens is 182 g/mol. The van der Waals surface area contributed by atoms with E-state index in [-0.39, 0.29) is 0 Å². The molecule has 1 fully saturated rings. The van der Waals surface area contributed by atoms with E-state index in [0.717, 1.165) is 5.92 Å². The first-order chi connectivity index (χ1) is 7.43. The number of hydrogen-bond donors (Lipinski definition) is 0. The molecular formula is C14H13N. The van der Waals surface area contributed by atoms with Gasteiger partial charge in [-0.25, -0.2) is 0 Å². The Morgan fingerprint density at radius 2 is 1.73 bits per heavy atom. The summed E-state index contributed by atoms with van der Waals surface area (Å²) in [4.78, 5) is 4.43. The topological polar surface area (TPSA) is 12.9 Å². The van der Waals surface area contributed by atoms with Crippen LogP contribution in [0.1, 0.15) is 24.5 Å². The summed E-state index contributed by atoms with van der Waals surface area (Å²) in [5.74, 6) is 0.730. The zero-order valence-corrected chi connectivity index (χ0v) is 8.56. The van der Waals surface area contributed by atoms with Crippen LogP contribution in [-0.2, 0) is 0 Å². The summed E-state index contributed by atoms with van der Waals surface area (Å²) < 4.78 is 0. The first-order valence-corrected chi connectivity index (χ1v) is 5.45. The molecule has 3 rings (SSSR count). The Kier molecular flexibility index (Phi) is 2.02. The molecule has 15 heavy (non-hydrogen) atoms. The predicted molar refractivity (Wildman–Crippen MR) is 61.6 cm³/mol. The number of hydrogen-bond acceptors (Lipinski definition) is 1. The van der Waals surface area contributed by atoms with Crippen LogP contribution in [0.4, 0.5) is 0 Å². The van der Waals surface area contributed by atoms with Crippen molar-refractivity contribution in [2.24, 2.45) is 0 Å². The Morgan fingerprint density at radius 3 is 2.47 bits per heavy atom. The van der Waals surface area contributed by atoms with Crippen molar-refractivity contribution in [2.45, 2.75) is 18.8 Å². The van der Waals surface area contributed by atoms with E-state index in [2.05, 4.69) is 41.4 Å². The van der Waals surface area contributed by atoms with Crippen LogP contribution in [-0.4, -0.2) is 4.98 Å². The lowest BCUT2D eigenvalue weighted by Gasteiger charge is -2.03. The van der Waals surface area contributed by atoms with Gasteiger partial charge in [0.15, 0.2) is 0 Å². The molecule has 0 amide bonds. The molecule has 1 aliphatic rings. The minimum atomic E-state index is 0.730. The lowest BCUT2D eigenvalue weighted by atomic mass is 10.1. The number of nitrogens with zero attached hydrogens (tertiary/aromatic N) is 1. The number of pyridine rings is 1. The minimum Gasteiger partial charge on any atom is -0.261 e. The lowest BCUT2D eigenvalue weighted by molar-refractivity contribution is 1.02. The van der Waals surface area contributed by atoms with Crippen molar-refractivity contribution in [1.29, 1.82) is 0 Å². The quantitative estimate of drug-likeness (QED) is 0.713. The van der Waals surface area contributed by atoms with Crippen LogP contribution >= 0.6 is 0 Å². The summed E-state index contributed by atoms with van der Waals surface area (Å²) in [6, 6.07) is 14.8. The van der Waals surface area contributed by atoms with Gasteiger partial charge in [-0.2, -0.15) is 0 Å². The molecule has 1 nitrogen and oxygen atoms in total. The van der Waals surface area contributed by atoms with Crippen molar-refractivity contribution in [3.8, 4) is 11.1 Å². The molecule has 1 saturated carbocycles. The van der Waals surface area contributed by atoms with E-state index in [1.54, 1.807) is 0 Å². The predicted octanol–water partition coefficient (Wildman–Crippen LogP) is 3.63. The standard InChI is InChI=1S/C14H13N/c1-2-4-11(5-3-1)13-8-9-15-14(10-13)12-6-7-12/h1-5,8-10,12H,6-7H2. The van der Waals surface area contributed by atoms with Gasteiger partial charge in [-0.15, -0.1) is 0 Å². The van der Waals surface area contributed by atoms with Gasteiger partial charge in [-0.3, -0.25) is 4.98 Å². The zero-order valence-electron chi connectivity index (χ0n) is 8.56. The molecule has 0 saturated heterocycles. The summed E-state index contributed by atoms with van der Waals surface area (Å²) in [5.41, 5.74) is 3.82. The van der Waals surface area contributed by atoms with Crippen molar-refractivity contribution >= 4 is 0 Å². The Labute approximate surface area is 89.8 Å². The van der Waals surface area contributed by atoms with E-state index in [9.17, 15) is 0 Å². The van der Waals surface area contributed by atoms with E-state index >= 15 is 0 Å². The zero-order chi connectivity index (χ0) is 10.1. The Morgan fingerprint density at radius 1 is 0.933 bits per heavy atom. The molecule has 1 aromatic heterocycles. The molecule has 2 aromatic rings. The minimum absolute atomic E-state index is 0.730. The van der Waals surface area contributed by atoms with E-state index in [1.165, 1.54) is 29.7 Å². The van der Waals surface area contributed by atoms with E-state index in [4.69, 9.17) is 0 Å². The highest BCUT2D eigenvalue weighted by molar-refractivity contribution is 5.63. The van der Waals surface area contributed by atoms with Gasteiger partial charge in [-0.1, -0.05) is 30.3 Å². The van der Waals surface area contributed by atoms with Gasteiger partial charge in [-0.05, 0) is 36.1 Å². The van der Waals surface area contributed by atoms with Gasteiger partial charge in [0.2, 0.25) is 0 Å². The molecule has 0 atom stereocenters. The fraction of sp³-hybridized carbons (Fsp3) is 0.214. The van der Waals surface area contributed by atoms with E-state index in [1.807, 2.05) is 12.3 Å². The van der Waals surface area contributed by atoms with Crippen LogP contribution in [0, 0.1) is 0 Å². The fourth-order valence-corrected chi connectivity index (χ4v) is 1.86. The summed E-state index contributed by atoms with van der Waals surface area (Å²) in [6.45, 7) is 0. The maximum atomic E-state index is 4.43. The third-order valence-corrected chi connectivity index (χ3v) is 2.88. The maximum absolute atomic E-state index is 4.43. The molecule has 0 radical (unpaired) electrons. The first kappa shape index (κ1) is 8.66. The van der Waals surface area contributed by atoms with Gasteiger partial charge < -0.3 is 0 Å². The van der Waals surface area contributed by atoms with Crippen molar-refractivity contribution in [3.05, 3.63) is 54.4 Å². The highest BCUT2D eigenvalue weighted by Gasteiger charge is 2.24. The normalized spacial score (nSPS) is 15.2. The van der Waals surface area contributed by atoms with Crippen LogP contribution in [0.15, 0.2) is 48.7 Å². The van der Waals surface area contributed by atoms with Crippen molar-refractivity contribution in [2.75, 3.05) is 0 Å². The van der Waals surface area contributed by atoms with Gasteiger partial charge in [0, 0.05) is 17.8 Å². The lowest BCUT2D eigenvalue weighted by Crippen LogP contribution is -1.86. The molecule has 1 heterocycles. The third-order valence-electron chi connectivity index (χ3n) is 2.88. The second kappa shape index (κ2) is 3.50. The highest BCUT2D eigenvalue weighted by atomic mass is 14.7. The molecule has 0 spiro atoms. The summed E-state index contributed by atoms with van der Waals surface area (Å²) in [5, 5.41) is 0.